The van der Waals surface area contributed by atoms with E-state index in [1.807, 2.05) is 12.1 Å². The maximum atomic E-state index is 11.5. The Morgan fingerprint density at radius 3 is 2.94 bits per heavy atom. The highest BCUT2D eigenvalue weighted by molar-refractivity contribution is 5.96. The van der Waals surface area contributed by atoms with Crippen LogP contribution in [0.4, 0.5) is 11.4 Å². The lowest BCUT2D eigenvalue weighted by Crippen LogP contribution is -2.32. The summed E-state index contributed by atoms with van der Waals surface area (Å²) >= 11 is 0. The van der Waals surface area contributed by atoms with E-state index < -0.39 is 0 Å². The van der Waals surface area contributed by atoms with Crippen molar-refractivity contribution in [2.24, 2.45) is 5.73 Å². The quantitative estimate of drug-likeness (QED) is 0.780. The summed E-state index contributed by atoms with van der Waals surface area (Å²) in [5.74, 6) is -0.0959. The highest BCUT2D eigenvalue weighted by Gasteiger charge is 2.16. The number of carbonyl (C=O) groups excluding carboxylic acids is 2. The molecular formula is C12H15N3O2. The SMILES string of the molecule is CN(C(=O)CN)c1ccc2c(c1)CCC(=O)N2. The zero-order valence-electron chi connectivity index (χ0n) is 9.69. The molecule has 1 aromatic carbocycles. The van der Waals surface area contributed by atoms with E-state index in [9.17, 15) is 9.59 Å². The predicted molar refractivity (Wildman–Crippen MR) is 65.9 cm³/mol. The number of nitrogens with zero attached hydrogens (tertiary/aromatic N) is 1. The third-order valence-electron chi connectivity index (χ3n) is 2.92. The Labute approximate surface area is 99.6 Å². The lowest BCUT2D eigenvalue weighted by atomic mass is 10.0. The van der Waals surface area contributed by atoms with Gasteiger partial charge in [-0.2, -0.15) is 0 Å². The van der Waals surface area contributed by atoms with Crippen LogP contribution >= 0.6 is 0 Å². The molecular weight excluding hydrogens is 218 g/mol. The van der Waals surface area contributed by atoms with E-state index in [2.05, 4.69) is 5.32 Å². The van der Waals surface area contributed by atoms with E-state index in [-0.39, 0.29) is 18.4 Å². The van der Waals surface area contributed by atoms with Gasteiger partial charge in [0.05, 0.1) is 6.54 Å². The third-order valence-corrected chi connectivity index (χ3v) is 2.92. The largest absolute Gasteiger partial charge is 0.326 e. The van der Waals surface area contributed by atoms with Crippen LogP contribution in [0.15, 0.2) is 18.2 Å². The minimum absolute atomic E-state index is 0.00960. The van der Waals surface area contributed by atoms with Crippen molar-refractivity contribution in [2.75, 3.05) is 23.8 Å². The van der Waals surface area contributed by atoms with Crippen molar-refractivity contribution in [3.05, 3.63) is 23.8 Å². The number of anilines is 2. The molecule has 0 saturated heterocycles. The Morgan fingerprint density at radius 1 is 1.47 bits per heavy atom. The van der Waals surface area contributed by atoms with Crippen molar-refractivity contribution in [1.29, 1.82) is 0 Å². The van der Waals surface area contributed by atoms with Crippen LogP contribution in [-0.2, 0) is 16.0 Å². The van der Waals surface area contributed by atoms with Gasteiger partial charge in [-0.1, -0.05) is 0 Å². The number of amides is 2. The number of carbonyl (C=O) groups is 2. The van der Waals surface area contributed by atoms with Gasteiger partial charge in [0, 0.05) is 24.8 Å². The molecule has 0 unspecified atom stereocenters. The molecule has 0 saturated carbocycles. The third kappa shape index (κ3) is 2.29. The number of nitrogens with one attached hydrogen (secondary N) is 1. The summed E-state index contributed by atoms with van der Waals surface area (Å²) in [6.45, 7) is -0.00960. The topological polar surface area (TPSA) is 75.4 Å². The van der Waals surface area contributed by atoms with Crippen molar-refractivity contribution in [2.45, 2.75) is 12.8 Å². The van der Waals surface area contributed by atoms with Crippen LogP contribution in [0.2, 0.25) is 0 Å². The maximum Gasteiger partial charge on any atom is 0.240 e. The van der Waals surface area contributed by atoms with E-state index in [4.69, 9.17) is 5.73 Å². The zero-order chi connectivity index (χ0) is 12.4. The number of hydrogen-bond donors (Lipinski definition) is 2. The molecule has 1 heterocycles. The first-order chi connectivity index (χ1) is 8.11. The van der Waals surface area contributed by atoms with E-state index in [0.29, 0.717) is 12.8 Å². The van der Waals surface area contributed by atoms with Gasteiger partial charge >= 0.3 is 0 Å². The van der Waals surface area contributed by atoms with E-state index in [1.165, 1.54) is 4.90 Å². The average molecular weight is 233 g/mol. The smallest absolute Gasteiger partial charge is 0.240 e. The first-order valence-electron chi connectivity index (χ1n) is 5.51. The van der Waals surface area contributed by atoms with Crippen molar-refractivity contribution >= 4 is 23.2 Å². The molecule has 3 N–H and O–H groups in total. The molecule has 5 heteroatoms. The summed E-state index contributed by atoms with van der Waals surface area (Å²) < 4.78 is 0. The van der Waals surface area contributed by atoms with Gasteiger partial charge in [0.1, 0.15) is 0 Å². The number of aryl methyl sites for hydroxylation is 1. The van der Waals surface area contributed by atoms with Crippen LogP contribution in [0.25, 0.3) is 0 Å². The number of benzene rings is 1. The van der Waals surface area contributed by atoms with Crippen LogP contribution < -0.4 is 16.0 Å². The molecule has 0 bridgehead atoms. The number of likely N-dealkylation sites (N-methyl/N-ethyl adjacent to an activating group) is 1. The molecule has 0 fully saturated rings. The summed E-state index contributed by atoms with van der Waals surface area (Å²) in [5, 5.41) is 2.80. The predicted octanol–water partition coefficient (Wildman–Crippen LogP) is 0.493. The molecule has 1 aliphatic rings. The molecule has 0 aromatic heterocycles. The molecule has 1 aliphatic heterocycles. The maximum absolute atomic E-state index is 11.5. The Kier molecular flexibility index (Phi) is 3.10. The van der Waals surface area contributed by atoms with Crippen LogP contribution in [0.5, 0.6) is 0 Å². The molecule has 0 aliphatic carbocycles. The second kappa shape index (κ2) is 4.55. The second-order valence-electron chi connectivity index (χ2n) is 4.05. The van der Waals surface area contributed by atoms with E-state index >= 15 is 0 Å². The second-order valence-corrected chi connectivity index (χ2v) is 4.05. The lowest BCUT2D eigenvalue weighted by molar-refractivity contribution is -0.117. The van der Waals surface area contributed by atoms with Crippen molar-refractivity contribution < 1.29 is 9.59 Å². The van der Waals surface area contributed by atoms with Gasteiger partial charge in [-0.3, -0.25) is 9.59 Å². The summed E-state index contributed by atoms with van der Waals surface area (Å²) in [6, 6.07) is 5.54. The van der Waals surface area contributed by atoms with Gasteiger partial charge in [-0.05, 0) is 30.2 Å². The Hall–Kier alpha value is -1.88. The summed E-state index contributed by atoms with van der Waals surface area (Å²) in [4.78, 5) is 24.2. The Balaban J connectivity index is 2.28. The van der Waals surface area contributed by atoms with Crippen LogP contribution in [0, 0.1) is 0 Å². The molecule has 2 rings (SSSR count). The van der Waals surface area contributed by atoms with Gasteiger partial charge in [-0.25, -0.2) is 0 Å². The summed E-state index contributed by atoms with van der Waals surface area (Å²) in [6.07, 6.45) is 1.20. The molecule has 0 atom stereocenters. The molecule has 5 nitrogen and oxygen atoms in total. The zero-order valence-corrected chi connectivity index (χ0v) is 9.69. The Morgan fingerprint density at radius 2 is 2.24 bits per heavy atom. The molecule has 1 aromatic rings. The van der Waals surface area contributed by atoms with Gasteiger partial charge in [0.15, 0.2) is 0 Å². The number of rotatable bonds is 2. The molecule has 0 spiro atoms. The lowest BCUT2D eigenvalue weighted by Gasteiger charge is -2.21. The number of fused-ring (bicyclic) bond motifs is 1. The molecule has 0 radical (unpaired) electrons. The number of nitrogens with two attached hydrogens (primary N) is 1. The van der Waals surface area contributed by atoms with Crippen molar-refractivity contribution in [3.63, 3.8) is 0 Å². The first-order valence-corrected chi connectivity index (χ1v) is 5.51. The highest BCUT2D eigenvalue weighted by Crippen LogP contribution is 2.27. The van der Waals surface area contributed by atoms with Crippen LogP contribution in [0.1, 0.15) is 12.0 Å². The fourth-order valence-electron chi connectivity index (χ4n) is 1.86. The van der Waals surface area contributed by atoms with E-state index in [0.717, 1.165) is 16.9 Å². The Bertz CT molecular complexity index is 471. The molecule has 90 valence electrons. The average Bonchev–Trinajstić information content (AvgIpc) is 2.36. The van der Waals surface area contributed by atoms with Crippen molar-refractivity contribution in [3.8, 4) is 0 Å². The molecule has 17 heavy (non-hydrogen) atoms. The van der Waals surface area contributed by atoms with Crippen LogP contribution in [0.3, 0.4) is 0 Å². The van der Waals surface area contributed by atoms with Gasteiger partial charge in [0.2, 0.25) is 11.8 Å². The first kappa shape index (κ1) is 11.6. The minimum Gasteiger partial charge on any atom is -0.326 e. The summed E-state index contributed by atoms with van der Waals surface area (Å²) in [7, 11) is 1.69. The van der Waals surface area contributed by atoms with Crippen molar-refractivity contribution in [1.82, 2.24) is 0 Å². The monoisotopic (exact) mass is 233 g/mol. The number of hydrogen-bond acceptors (Lipinski definition) is 3. The van der Waals surface area contributed by atoms with Gasteiger partial charge in [-0.15, -0.1) is 0 Å². The van der Waals surface area contributed by atoms with Gasteiger partial charge in [0.25, 0.3) is 0 Å². The normalized spacial score (nSPS) is 13.9. The van der Waals surface area contributed by atoms with Gasteiger partial charge < -0.3 is 16.0 Å². The molecule has 2 amide bonds. The van der Waals surface area contributed by atoms with Crippen LogP contribution in [-0.4, -0.2) is 25.4 Å². The van der Waals surface area contributed by atoms with E-state index in [1.54, 1.807) is 13.1 Å². The highest BCUT2D eigenvalue weighted by atomic mass is 16.2. The fourth-order valence-corrected chi connectivity index (χ4v) is 1.86. The minimum atomic E-state index is -0.134. The summed E-state index contributed by atoms with van der Waals surface area (Å²) in [5.41, 5.74) is 8.01. The fraction of sp³-hybridized carbons (Fsp3) is 0.333. The standard InChI is InChI=1S/C12H15N3O2/c1-15(12(17)7-13)9-3-4-10-8(6-9)2-5-11(16)14-10/h3-4,6H,2,5,7,13H2,1H3,(H,14,16).